The van der Waals surface area contributed by atoms with Crippen LogP contribution in [0.3, 0.4) is 0 Å². The molecule has 0 radical (unpaired) electrons. The molecule has 9 nitrogen and oxygen atoms in total. The van der Waals surface area contributed by atoms with E-state index in [0.29, 0.717) is 90.9 Å². The van der Waals surface area contributed by atoms with E-state index >= 15 is 0 Å². The molecule has 11 heteroatoms. The van der Waals surface area contributed by atoms with Gasteiger partial charge in [-0.25, -0.2) is 9.18 Å². The van der Waals surface area contributed by atoms with Crippen molar-refractivity contribution in [2.75, 3.05) is 46.1 Å². The van der Waals surface area contributed by atoms with E-state index in [1.54, 1.807) is 19.1 Å². The number of carbonyl (C=O) groups is 1. The number of esters is 1. The van der Waals surface area contributed by atoms with Crippen LogP contribution in [0.1, 0.15) is 54.7 Å². The number of aromatic amines is 1. The number of allylic oxidation sites excluding steroid dienone is 1. The number of ether oxygens (including phenoxy) is 3. The third-order valence-electron chi connectivity index (χ3n) is 8.52. The number of aryl methyl sites for hydroxylation is 1. The highest BCUT2D eigenvalue weighted by Gasteiger charge is 2.28. The van der Waals surface area contributed by atoms with Gasteiger partial charge in [0.1, 0.15) is 17.3 Å². The van der Waals surface area contributed by atoms with Crippen LogP contribution < -0.4 is 10.5 Å². The number of rotatable bonds is 14. The number of H-pyrrole nitrogens is 1. The van der Waals surface area contributed by atoms with Crippen molar-refractivity contribution in [2.24, 2.45) is 5.73 Å². The number of benzene rings is 3. The van der Waals surface area contributed by atoms with E-state index in [1.807, 2.05) is 31.2 Å². The van der Waals surface area contributed by atoms with E-state index in [2.05, 4.69) is 9.88 Å². The van der Waals surface area contributed by atoms with E-state index < -0.39 is 12.1 Å². The molecular weight excluding hydrogens is 623 g/mol. The number of carbonyl (C=O) groups excluding carboxylic acids is 1. The first-order chi connectivity index (χ1) is 22.7. The topological polar surface area (TPSA) is 134 Å². The highest BCUT2D eigenvalue weighted by Crippen LogP contribution is 2.38. The molecule has 0 saturated carbocycles. The van der Waals surface area contributed by atoms with Crippen LogP contribution in [-0.2, 0) is 15.9 Å². The Bertz CT molecular complexity index is 1780. The summed E-state index contributed by atoms with van der Waals surface area (Å²) in [5.74, 6) is -0.166. The van der Waals surface area contributed by atoms with Crippen LogP contribution in [0.4, 0.5) is 4.39 Å². The number of aromatic nitrogens is 1. The number of hydrogen-bond acceptors (Lipinski definition) is 8. The van der Waals surface area contributed by atoms with Crippen LogP contribution in [0.15, 0.2) is 54.2 Å². The molecule has 0 unspecified atom stereocenters. The molecule has 47 heavy (non-hydrogen) atoms. The number of aliphatic hydroxyl groups excluding tert-OH is 1. The first-order valence-corrected chi connectivity index (χ1v) is 16.5. The van der Waals surface area contributed by atoms with Crippen LogP contribution in [0.5, 0.6) is 5.75 Å². The lowest BCUT2D eigenvalue weighted by Crippen LogP contribution is -2.38. The number of aliphatic hydroxyl groups is 1. The van der Waals surface area contributed by atoms with Gasteiger partial charge in [0.05, 0.1) is 48.8 Å². The number of nitrogens with zero attached hydrogens (tertiary/aromatic N) is 1. The van der Waals surface area contributed by atoms with E-state index in [-0.39, 0.29) is 18.1 Å². The van der Waals surface area contributed by atoms with Gasteiger partial charge in [0.2, 0.25) is 0 Å². The Hall–Kier alpha value is -3.96. The average molecular weight is 665 g/mol. The van der Waals surface area contributed by atoms with Crippen LogP contribution in [0.2, 0.25) is 5.02 Å². The summed E-state index contributed by atoms with van der Waals surface area (Å²) in [6.45, 7) is 7.63. The van der Waals surface area contributed by atoms with Gasteiger partial charge in [0.15, 0.2) is 0 Å². The van der Waals surface area contributed by atoms with Gasteiger partial charge in [-0.05, 0) is 73.9 Å². The molecule has 1 aliphatic heterocycles. The minimum atomic E-state index is -1.08. The van der Waals surface area contributed by atoms with Crippen LogP contribution in [-0.4, -0.2) is 78.8 Å². The Kier molecular flexibility index (Phi) is 11.5. The fraction of sp³-hybridized carbons (Fsp3) is 0.389. The number of halogens is 2. The van der Waals surface area contributed by atoms with E-state index in [9.17, 15) is 14.3 Å². The van der Waals surface area contributed by atoms with Crippen molar-refractivity contribution in [3.8, 4) is 5.75 Å². The SMILES string of the molecule is CCOC(=O)c1[nH]c2c(/C(C(=N)[C@H](O)CCN3CCOCC3)=C(/N)CC)c(Cl)ccc2c1CCCOc1cccc2cc(F)ccc12. The summed E-state index contributed by atoms with van der Waals surface area (Å²) in [5, 5.41) is 22.9. The summed E-state index contributed by atoms with van der Waals surface area (Å²) in [7, 11) is 0. The van der Waals surface area contributed by atoms with Crippen molar-refractivity contribution in [3.63, 3.8) is 0 Å². The van der Waals surface area contributed by atoms with Crippen molar-refractivity contribution < 1.29 is 28.5 Å². The first kappa shape index (κ1) is 34.4. The molecule has 0 spiro atoms. The summed E-state index contributed by atoms with van der Waals surface area (Å²) >= 11 is 6.83. The van der Waals surface area contributed by atoms with Gasteiger partial charge >= 0.3 is 5.97 Å². The van der Waals surface area contributed by atoms with Crippen LogP contribution in [0.25, 0.3) is 27.2 Å². The molecule has 1 fully saturated rings. The van der Waals surface area contributed by atoms with E-state index in [4.69, 9.17) is 37.0 Å². The van der Waals surface area contributed by atoms with Gasteiger partial charge in [-0.1, -0.05) is 36.7 Å². The van der Waals surface area contributed by atoms with Crippen molar-refractivity contribution in [1.29, 1.82) is 5.41 Å². The first-order valence-electron chi connectivity index (χ1n) is 16.1. The maximum absolute atomic E-state index is 13.7. The third-order valence-corrected chi connectivity index (χ3v) is 8.83. The van der Waals surface area contributed by atoms with Crippen molar-refractivity contribution in [3.05, 3.63) is 81.9 Å². The zero-order valence-corrected chi connectivity index (χ0v) is 27.6. The minimum Gasteiger partial charge on any atom is -0.493 e. The van der Waals surface area contributed by atoms with Gasteiger partial charge in [0, 0.05) is 47.2 Å². The molecule has 250 valence electrons. The molecule has 0 amide bonds. The zero-order valence-electron chi connectivity index (χ0n) is 26.8. The fourth-order valence-electron chi connectivity index (χ4n) is 6.04. The minimum absolute atomic E-state index is 0.0239. The molecule has 0 aliphatic carbocycles. The normalized spacial score (nSPS) is 15.1. The quantitative estimate of drug-likeness (QED) is 0.0688. The highest BCUT2D eigenvalue weighted by molar-refractivity contribution is 6.38. The molecule has 0 bridgehead atoms. The number of morpholine rings is 1. The Morgan fingerprint density at radius 3 is 2.68 bits per heavy atom. The number of hydrogen-bond donors (Lipinski definition) is 4. The second-order valence-electron chi connectivity index (χ2n) is 11.5. The summed E-state index contributed by atoms with van der Waals surface area (Å²) in [6.07, 6.45) is 0.729. The Labute approximate surface area is 278 Å². The molecule has 1 saturated heterocycles. The predicted octanol–water partition coefficient (Wildman–Crippen LogP) is 6.48. The monoisotopic (exact) mass is 664 g/mol. The summed E-state index contributed by atoms with van der Waals surface area (Å²) in [4.78, 5) is 18.7. The molecule has 1 aromatic heterocycles. The van der Waals surface area contributed by atoms with Crippen LogP contribution in [0, 0.1) is 11.2 Å². The maximum atomic E-state index is 13.7. The lowest BCUT2D eigenvalue weighted by molar-refractivity contribution is 0.0335. The fourth-order valence-corrected chi connectivity index (χ4v) is 6.29. The van der Waals surface area contributed by atoms with Crippen LogP contribution >= 0.6 is 11.6 Å². The lowest BCUT2D eigenvalue weighted by Gasteiger charge is -2.28. The smallest absolute Gasteiger partial charge is 0.355 e. The van der Waals surface area contributed by atoms with Crippen molar-refractivity contribution >= 4 is 50.5 Å². The van der Waals surface area contributed by atoms with Crippen molar-refractivity contribution in [1.82, 2.24) is 9.88 Å². The highest BCUT2D eigenvalue weighted by atomic mass is 35.5. The Morgan fingerprint density at radius 2 is 1.94 bits per heavy atom. The molecule has 3 aromatic carbocycles. The summed E-state index contributed by atoms with van der Waals surface area (Å²) in [6, 6.07) is 13.7. The van der Waals surface area contributed by atoms with Gasteiger partial charge in [-0.3, -0.25) is 4.90 Å². The van der Waals surface area contributed by atoms with Gasteiger partial charge in [-0.15, -0.1) is 0 Å². The Morgan fingerprint density at radius 1 is 1.17 bits per heavy atom. The predicted molar refractivity (Wildman–Crippen MR) is 184 cm³/mol. The largest absolute Gasteiger partial charge is 0.493 e. The number of nitrogens with two attached hydrogens (primary N) is 1. The van der Waals surface area contributed by atoms with Gasteiger partial charge < -0.3 is 35.4 Å². The number of nitrogens with one attached hydrogen (secondary N) is 2. The summed E-state index contributed by atoms with van der Waals surface area (Å²) in [5.41, 5.74) is 9.32. The molecule has 1 atom stereocenters. The molecule has 4 aromatic rings. The second kappa shape index (κ2) is 15.8. The average Bonchev–Trinajstić information content (AvgIpc) is 3.45. The van der Waals surface area contributed by atoms with E-state index in [1.165, 1.54) is 12.1 Å². The van der Waals surface area contributed by atoms with Crippen molar-refractivity contribution in [2.45, 2.75) is 45.6 Å². The molecule has 1 aliphatic rings. The van der Waals surface area contributed by atoms with Gasteiger partial charge in [-0.2, -0.15) is 0 Å². The second-order valence-corrected chi connectivity index (χ2v) is 12.0. The molecule has 5 rings (SSSR count). The molecule has 2 heterocycles. The maximum Gasteiger partial charge on any atom is 0.355 e. The molecule has 5 N–H and O–H groups in total. The Balaban J connectivity index is 1.44. The third kappa shape index (κ3) is 7.79. The summed E-state index contributed by atoms with van der Waals surface area (Å²) < 4.78 is 30.7. The van der Waals surface area contributed by atoms with Gasteiger partial charge in [0.25, 0.3) is 0 Å². The number of fused-ring (bicyclic) bond motifs is 2. The zero-order chi connectivity index (χ0) is 33.5. The standard InChI is InChI=1S/C36H42ClFN4O5/c1-3-28(39)32(33(40)29(43)14-15-42-16-19-45-20-17-42)31-27(37)13-12-26-25(35(41-34(26)31)36(44)46-4-2)8-6-18-47-30-9-5-7-22-21-23(38)10-11-24(22)30/h5,7,9-13,21,29,40-41,43H,3-4,6,8,14-20,39H2,1-2H3/b32-28-,40-33?/t29-/m1/s1. The van der Waals surface area contributed by atoms with E-state index in [0.717, 1.165) is 34.8 Å². The molecular formula is C36H42ClFN4O5. The lowest BCUT2D eigenvalue weighted by atomic mass is 9.91.